The molecule has 0 heterocycles. The first-order chi connectivity index (χ1) is 8.43. The molecule has 1 amide bonds. The Morgan fingerprint density at radius 1 is 1.44 bits per heavy atom. The molecule has 94 valence electrons. The lowest BCUT2D eigenvalue weighted by Gasteiger charge is -2.07. The van der Waals surface area contributed by atoms with Crippen LogP contribution in [0.25, 0.3) is 6.08 Å². The first kappa shape index (κ1) is 13.8. The van der Waals surface area contributed by atoms with Crippen molar-refractivity contribution in [2.24, 2.45) is 0 Å². The molecular formula is C13H12F2N2O. The maximum atomic E-state index is 13.3. The Kier molecular flexibility index (Phi) is 4.55. The number of nitriles is 1. The van der Waals surface area contributed by atoms with Crippen LogP contribution in [0.1, 0.15) is 19.4 Å². The van der Waals surface area contributed by atoms with Crippen molar-refractivity contribution >= 4 is 12.0 Å². The third-order valence-corrected chi connectivity index (χ3v) is 2.05. The summed E-state index contributed by atoms with van der Waals surface area (Å²) in [4.78, 5) is 11.6. The van der Waals surface area contributed by atoms with Crippen molar-refractivity contribution in [3.05, 3.63) is 41.0 Å². The summed E-state index contributed by atoms with van der Waals surface area (Å²) in [5.74, 6) is -2.12. The summed E-state index contributed by atoms with van der Waals surface area (Å²) in [6.07, 6.45) is 1.09. The monoisotopic (exact) mass is 250 g/mol. The van der Waals surface area contributed by atoms with Crippen LogP contribution in [-0.2, 0) is 4.79 Å². The van der Waals surface area contributed by atoms with E-state index in [0.717, 1.165) is 12.1 Å². The summed E-state index contributed by atoms with van der Waals surface area (Å²) < 4.78 is 26.0. The summed E-state index contributed by atoms with van der Waals surface area (Å²) in [7, 11) is 0. The van der Waals surface area contributed by atoms with Gasteiger partial charge in [0.15, 0.2) is 0 Å². The number of nitrogens with zero attached hydrogens (tertiary/aromatic N) is 1. The summed E-state index contributed by atoms with van der Waals surface area (Å²) >= 11 is 0. The number of carbonyl (C=O) groups excluding carboxylic acids is 1. The highest BCUT2D eigenvalue weighted by atomic mass is 19.1. The van der Waals surface area contributed by atoms with Crippen LogP contribution >= 0.6 is 0 Å². The van der Waals surface area contributed by atoms with Crippen LogP contribution in [-0.4, -0.2) is 11.9 Å². The second kappa shape index (κ2) is 5.92. The Morgan fingerprint density at radius 2 is 2.11 bits per heavy atom. The maximum Gasteiger partial charge on any atom is 0.262 e. The lowest BCUT2D eigenvalue weighted by Crippen LogP contribution is -2.30. The Balaban J connectivity index is 3.05. The van der Waals surface area contributed by atoms with E-state index in [1.165, 1.54) is 6.07 Å². The first-order valence-electron chi connectivity index (χ1n) is 5.31. The molecule has 0 aliphatic heterocycles. The summed E-state index contributed by atoms with van der Waals surface area (Å²) in [6.45, 7) is 3.48. The van der Waals surface area contributed by atoms with Gasteiger partial charge in [-0.1, -0.05) is 0 Å². The van der Waals surface area contributed by atoms with Crippen molar-refractivity contribution in [3.63, 3.8) is 0 Å². The van der Waals surface area contributed by atoms with Gasteiger partial charge >= 0.3 is 0 Å². The minimum Gasteiger partial charge on any atom is -0.349 e. The molecule has 0 radical (unpaired) electrons. The molecule has 1 aromatic carbocycles. The van der Waals surface area contributed by atoms with Crippen molar-refractivity contribution in [1.29, 1.82) is 5.26 Å². The molecule has 0 spiro atoms. The predicted molar refractivity (Wildman–Crippen MR) is 63.2 cm³/mol. The van der Waals surface area contributed by atoms with Gasteiger partial charge in [-0.05, 0) is 32.1 Å². The maximum absolute atomic E-state index is 13.3. The van der Waals surface area contributed by atoms with E-state index in [9.17, 15) is 13.6 Å². The molecule has 0 saturated carbocycles. The highest BCUT2D eigenvalue weighted by Crippen LogP contribution is 2.13. The van der Waals surface area contributed by atoms with Gasteiger partial charge in [-0.15, -0.1) is 0 Å². The molecule has 0 atom stereocenters. The van der Waals surface area contributed by atoms with Crippen molar-refractivity contribution < 1.29 is 13.6 Å². The fraction of sp³-hybridized carbons (Fsp3) is 0.231. The number of halogens is 2. The van der Waals surface area contributed by atoms with Crippen LogP contribution in [0.15, 0.2) is 23.8 Å². The Bertz CT molecular complexity index is 530. The number of hydrogen-bond acceptors (Lipinski definition) is 2. The molecule has 0 bridgehead atoms. The smallest absolute Gasteiger partial charge is 0.262 e. The minimum absolute atomic E-state index is 0.00754. The van der Waals surface area contributed by atoms with Gasteiger partial charge in [0.1, 0.15) is 23.3 Å². The molecule has 1 N–H and O–H groups in total. The lowest BCUT2D eigenvalue weighted by molar-refractivity contribution is -0.117. The average Bonchev–Trinajstić information content (AvgIpc) is 2.27. The second-order valence-electron chi connectivity index (χ2n) is 3.96. The molecule has 0 saturated heterocycles. The fourth-order valence-electron chi connectivity index (χ4n) is 1.26. The molecule has 0 unspecified atom stereocenters. The highest BCUT2D eigenvalue weighted by Gasteiger charge is 2.11. The van der Waals surface area contributed by atoms with E-state index >= 15 is 0 Å². The van der Waals surface area contributed by atoms with Crippen molar-refractivity contribution in [2.75, 3.05) is 0 Å². The molecule has 3 nitrogen and oxygen atoms in total. The standard InChI is InChI=1S/C13H12F2N2O/c1-8(2)17-13(18)10(7-16)5-9-3-4-11(14)6-12(9)15/h3-6,8H,1-2H3,(H,17,18)/b10-5+. The predicted octanol–water partition coefficient (Wildman–Crippen LogP) is 2.40. The van der Waals surface area contributed by atoms with E-state index in [4.69, 9.17) is 5.26 Å². The zero-order valence-corrected chi connectivity index (χ0v) is 10.00. The quantitative estimate of drug-likeness (QED) is 0.661. The first-order valence-corrected chi connectivity index (χ1v) is 5.31. The Labute approximate surface area is 104 Å². The van der Waals surface area contributed by atoms with E-state index in [0.29, 0.717) is 6.07 Å². The number of carbonyl (C=O) groups is 1. The third kappa shape index (κ3) is 3.67. The number of amides is 1. The van der Waals surface area contributed by atoms with Crippen LogP contribution in [0.2, 0.25) is 0 Å². The van der Waals surface area contributed by atoms with Gasteiger partial charge in [-0.25, -0.2) is 8.78 Å². The lowest BCUT2D eigenvalue weighted by atomic mass is 10.1. The van der Waals surface area contributed by atoms with Gasteiger partial charge in [0.05, 0.1) is 0 Å². The fourth-order valence-corrected chi connectivity index (χ4v) is 1.26. The zero-order chi connectivity index (χ0) is 13.7. The van der Waals surface area contributed by atoms with Gasteiger partial charge in [0.25, 0.3) is 5.91 Å². The van der Waals surface area contributed by atoms with Gasteiger partial charge in [0.2, 0.25) is 0 Å². The summed E-state index contributed by atoms with van der Waals surface area (Å²) in [6, 6.07) is 4.48. The van der Waals surface area contributed by atoms with E-state index in [-0.39, 0.29) is 17.2 Å². The number of nitrogens with one attached hydrogen (secondary N) is 1. The van der Waals surface area contributed by atoms with Crippen molar-refractivity contribution in [1.82, 2.24) is 5.32 Å². The van der Waals surface area contributed by atoms with Gasteiger partial charge < -0.3 is 5.32 Å². The number of rotatable bonds is 3. The number of hydrogen-bond donors (Lipinski definition) is 1. The Hall–Kier alpha value is -2.22. The topological polar surface area (TPSA) is 52.9 Å². The summed E-state index contributed by atoms with van der Waals surface area (Å²) in [5, 5.41) is 11.4. The van der Waals surface area contributed by atoms with Crippen LogP contribution < -0.4 is 5.32 Å². The van der Waals surface area contributed by atoms with E-state index in [2.05, 4.69) is 5.32 Å². The van der Waals surface area contributed by atoms with E-state index in [1.54, 1.807) is 19.9 Å². The molecule has 1 aromatic rings. The van der Waals surface area contributed by atoms with Gasteiger partial charge in [-0.3, -0.25) is 4.79 Å². The molecule has 0 aliphatic carbocycles. The summed E-state index contributed by atoms with van der Waals surface area (Å²) in [5.41, 5.74) is -0.235. The van der Waals surface area contributed by atoms with Crippen molar-refractivity contribution in [2.45, 2.75) is 19.9 Å². The molecule has 0 aliphatic rings. The Morgan fingerprint density at radius 3 is 2.61 bits per heavy atom. The molecule has 0 fully saturated rings. The molecule has 1 rings (SSSR count). The largest absolute Gasteiger partial charge is 0.349 e. The van der Waals surface area contributed by atoms with Crippen LogP contribution in [0.4, 0.5) is 8.78 Å². The highest BCUT2D eigenvalue weighted by molar-refractivity contribution is 6.01. The average molecular weight is 250 g/mol. The molecular weight excluding hydrogens is 238 g/mol. The van der Waals surface area contributed by atoms with E-state index < -0.39 is 17.5 Å². The molecule has 18 heavy (non-hydrogen) atoms. The van der Waals surface area contributed by atoms with Crippen molar-refractivity contribution in [3.8, 4) is 6.07 Å². The second-order valence-corrected chi connectivity index (χ2v) is 3.96. The normalized spacial score (nSPS) is 11.2. The zero-order valence-electron chi connectivity index (χ0n) is 10.00. The van der Waals surface area contributed by atoms with Crippen LogP contribution in [0.3, 0.4) is 0 Å². The van der Waals surface area contributed by atoms with Gasteiger partial charge in [-0.2, -0.15) is 5.26 Å². The SMILES string of the molecule is CC(C)NC(=O)/C(C#N)=C/c1ccc(F)cc1F. The molecule has 5 heteroatoms. The van der Waals surface area contributed by atoms with E-state index in [1.807, 2.05) is 0 Å². The van der Waals surface area contributed by atoms with Crippen LogP contribution in [0.5, 0.6) is 0 Å². The molecule has 0 aromatic heterocycles. The minimum atomic E-state index is -0.819. The van der Waals surface area contributed by atoms with Gasteiger partial charge in [0, 0.05) is 17.7 Å². The van der Waals surface area contributed by atoms with Crippen LogP contribution in [0, 0.1) is 23.0 Å². The third-order valence-electron chi connectivity index (χ3n) is 2.05. The number of benzene rings is 1.